The van der Waals surface area contributed by atoms with Crippen LogP contribution in [0.5, 0.6) is 0 Å². The fourth-order valence-corrected chi connectivity index (χ4v) is 5.62. The Hall–Kier alpha value is -3.41. The number of amides is 2. The van der Waals surface area contributed by atoms with Crippen molar-refractivity contribution in [1.82, 2.24) is 20.0 Å². The Morgan fingerprint density at radius 1 is 0.889 bits per heavy atom. The first-order chi connectivity index (χ1) is 17.6. The number of para-hydroxylation sites is 1. The summed E-state index contributed by atoms with van der Waals surface area (Å²) in [7, 11) is 0. The number of likely N-dealkylation sites (tertiary alicyclic amines) is 1. The van der Waals surface area contributed by atoms with Crippen LogP contribution in [0.2, 0.25) is 0 Å². The van der Waals surface area contributed by atoms with Crippen molar-refractivity contribution in [3.8, 4) is 16.9 Å². The van der Waals surface area contributed by atoms with Crippen molar-refractivity contribution in [2.45, 2.75) is 57.9 Å². The van der Waals surface area contributed by atoms with Gasteiger partial charge in [-0.25, -0.2) is 4.68 Å². The number of rotatable bonds is 6. The van der Waals surface area contributed by atoms with Crippen LogP contribution in [0.15, 0.2) is 66.9 Å². The number of hydrogen-bond donors (Lipinski definition) is 1. The molecule has 1 saturated carbocycles. The second kappa shape index (κ2) is 11.1. The Labute approximate surface area is 213 Å². The molecular weight excluding hydrogens is 448 g/mol. The van der Waals surface area contributed by atoms with Crippen molar-refractivity contribution < 1.29 is 9.59 Å². The molecule has 188 valence electrons. The molecule has 6 heteroatoms. The zero-order valence-corrected chi connectivity index (χ0v) is 21.1. The minimum Gasteiger partial charge on any atom is -0.353 e. The first kappa shape index (κ1) is 24.3. The Kier molecular flexibility index (Phi) is 7.49. The highest BCUT2D eigenvalue weighted by Crippen LogP contribution is 2.30. The van der Waals surface area contributed by atoms with Crippen LogP contribution < -0.4 is 5.32 Å². The second-order valence-electron chi connectivity index (χ2n) is 10.3. The van der Waals surface area contributed by atoms with E-state index >= 15 is 0 Å². The average Bonchev–Trinajstić information content (AvgIpc) is 3.39. The number of hydrogen-bond acceptors (Lipinski definition) is 3. The molecule has 0 unspecified atom stereocenters. The molecule has 5 rings (SSSR count). The smallest absolute Gasteiger partial charge is 0.257 e. The lowest BCUT2D eigenvalue weighted by Gasteiger charge is -2.35. The number of carbonyl (C=O) groups is 2. The van der Waals surface area contributed by atoms with Gasteiger partial charge in [0, 0.05) is 36.8 Å². The third kappa shape index (κ3) is 5.38. The molecule has 0 bridgehead atoms. The molecule has 6 nitrogen and oxygen atoms in total. The van der Waals surface area contributed by atoms with Crippen LogP contribution in [0, 0.1) is 11.8 Å². The first-order valence-electron chi connectivity index (χ1n) is 13.4. The molecular formula is C30H36N4O2. The molecule has 2 amide bonds. The molecule has 3 aromatic rings. The maximum absolute atomic E-state index is 13.7. The van der Waals surface area contributed by atoms with E-state index < -0.39 is 0 Å². The molecule has 0 spiro atoms. The third-order valence-corrected chi connectivity index (χ3v) is 7.91. The number of carbonyl (C=O) groups excluding carboxylic acids is 2. The van der Waals surface area contributed by atoms with Crippen LogP contribution in [0.3, 0.4) is 0 Å². The number of aromatic nitrogens is 2. The quantitative estimate of drug-likeness (QED) is 0.504. The predicted octanol–water partition coefficient (Wildman–Crippen LogP) is 5.48. The van der Waals surface area contributed by atoms with Gasteiger partial charge in [0.25, 0.3) is 5.91 Å². The summed E-state index contributed by atoms with van der Waals surface area (Å²) in [5, 5.41) is 8.09. The van der Waals surface area contributed by atoms with E-state index in [2.05, 4.69) is 12.2 Å². The largest absolute Gasteiger partial charge is 0.353 e. The summed E-state index contributed by atoms with van der Waals surface area (Å²) in [5.74, 6) is 0.471. The summed E-state index contributed by atoms with van der Waals surface area (Å²) in [6, 6.07) is 20.1. The van der Waals surface area contributed by atoms with Crippen LogP contribution in [0.25, 0.3) is 16.9 Å². The summed E-state index contributed by atoms with van der Waals surface area (Å²) in [4.78, 5) is 28.5. The van der Waals surface area contributed by atoms with Crippen LogP contribution in [-0.2, 0) is 4.79 Å². The average molecular weight is 485 g/mol. The van der Waals surface area contributed by atoms with E-state index in [1.807, 2.05) is 71.8 Å². The van der Waals surface area contributed by atoms with Crippen molar-refractivity contribution in [3.63, 3.8) is 0 Å². The normalized spacial score (nSPS) is 18.1. The van der Waals surface area contributed by atoms with Crippen molar-refractivity contribution in [2.75, 3.05) is 13.1 Å². The van der Waals surface area contributed by atoms with Gasteiger partial charge in [-0.2, -0.15) is 5.10 Å². The number of benzene rings is 2. The van der Waals surface area contributed by atoms with Gasteiger partial charge >= 0.3 is 0 Å². The van der Waals surface area contributed by atoms with Gasteiger partial charge in [-0.05, 0) is 43.7 Å². The zero-order chi connectivity index (χ0) is 24.9. The maximum atomic E-state index is 13.7. The lowest BCUT2D eigenvalue weighted by Crippen LogP contribution is -2.45. The zero-order valence-electron chi connectivity index (χ0n) is 21.1. The Morgan fingerprint density at radius 2 is 1.53 bits per heavy atom. The first-order valence-corrected chi connectivity index (χ1v) is 13.4. The third-order valence-electron chi connectivity index (χ3n) is 7.91. The molecule has 36 heavy (non-hydrogen) atoms. The van der Waals surface area contributed by atoms with E-state index in [4.69, 9.17) is 5.10 Å². The Morgan fingerprint density at radius 3 is 2.19 bits per heavy atom. The minimum atomic E-state index is -0.0233. The summed E-state index contributed by atoms with van der Waals surface area (Å²) >= 11 is 0. The van der Waals surface area contributed by atoms with E-state index in [9.17, 15) is 9.59 Å². The molecule has 2 aromatic carbocycles. The van der Waals surface area contributed by atoms with E-state index in [-0.39, 0.29) is 17.7 Å². The summed E-state index contributed by atoms with van der Waals surface area (Å²) < 4.78 is 1.79. The molecule has 1 aliphatic heterocycles. The standard InChI is InChI=1S/C30H36N4O2/c1-22(29(35)31-25-13-7-3-8-14-25)23-17-19-33(20-18-23)30(36)27-21-34(26-15-9-4-10-16-26)32-28(27)24-11-5-2-6-12-24/h2,4-6,9-12,15-16,21-23,25H,3,7-8,13-14,17-20H2,1H3,(H,31,35)/t22-/m0/s1. The molecule has 2 aliphatic rings. The van der Waals surface area contributed by atoms with E-state index in [0.29, 0.717) is 36.3 Å². The van der Waals surface area contributed by atoms with Gasteiger partial charge in [0.05, 0.1) is 11.3 Å². The van der Waals surface area contributed by atoms with Gasteiger partial charge in [0.2, 0.25) is 5.91 Å². The fraction of sp³-hybridized carbons (Fsp3) is 0.433. The van der Waals surface area contributed by atoms with Gasteiger partial charge in [-0.3, -0.25) is 9.59 Å². The van der Waals surface area contributed by atoms with Crippen LogP contribution in [0.1, 0.15) is 62.2 Å². The van der Waals surface area contributed by atoms with E-state index in [1.54, 1.807) is 4.68 Å². The van der Waals surface area contributed by atoms with Crippen molar-refractivity contribution in [2.24, 2.45) is 11.8 Å². The van der Waals surface area contributed by atoms with Gasteiger partial charge in [0.1, 0.15) is 5.69 Å². The number of nitrogens with one attached hydrogen (secondary N) is 1. The van der Waals surface area contributed by atoms with Crippen molar-refractivity contribution >= 4 is 11.8 Å². The Balaban J connectivity index is 1.28. The second-order valence-corrected chi connectivity index (χ2v) is 10.3. The van der Waals surface area contributed by atoms with E-state index in [1.165, 1.54) is 19.3 Å². The van der Waals surface area contributed by atoms with E-state index in [0.717, 1.165) is 36.9 Å². The molecule has 2 fully saturated rings. The van der Waals surface area contributed by atoms with Crippen LogP contribution in [0.4, 0.5) is 0 Å². The number of piperidine rings is 1. The molecule has 2 heterocycles. The van der Waals surface area contributed by atoms with Crippen LogP contribution in [-0.4, -0.2) is 45.6 Å². The van der Waals surface area contributed by atoms with Crippen LogP contribution >= 0.6 is 0 Å². The SMILES string of the molecule is C[C@H](C(=O)NC1CCCCC1)C1CCN(C(=O)c2cn(-c3ccccc3)nc2-c2ccccc2)CC1. The Bertz CT molecular complexity index is 1160. The van der Waals surface area contributed by atoms with Gasteiger partial charge in [-0.1, -0.05) is 74.7 Å². The fourth-order valence-electron chi connectivity index (χ4n) is 5.62. The maximum Gasteiger partial charge on any atom is 0.257 e. The molecule has 1 saturated heterocycles. The highest BCUT2D eigenvalue weighted by molar-refractivity contribution is 6.00. The minimum absolute atomic E-state index is 0.00814. The topological polar surface area (TPSA) is 67.2 Å². The van der Waals surface area contributed by atoms with Crippen molar-refractivity contribution in [3.05, 3.63) is 72.4 Å². The monoisotopic (exact) mass is 484 g/mol. The highest BCUT2D eigenvalue weighted by atomic mass is 16.2. The van der Waals surface area contributed by atoms with Crippen molar-refractivity contribution in [1.29, 1.82) is 0 Å². The molecule has 1 aromatic heterocycles. The van der Waals surface area contributed by atoms with Gasteiger partial charge in [-0.15, -0.1) is 0 Å². The lowest BCUT2D eigenvalue weighted by atomic mass is 9.84. The van der Waals surface area contributed by atoms with Gasteiger partial charge in [0.15, 0.2) is 0 Å². The summed E-state index contributed by atoms with van der Waals surface area (Å²) in [6.07, 6.45) is 9.46. The molecule has 1 N–H and O–H groups in total. The predicted molar refractivity (Wildman–Crippen MR) is 142 cm³/mol. The molecule has 1 atom stereocenters. The number of nitrogens with zero attached hydrogens (tertiary/aromatic N) is 3. The summed E-state index contributed by atoms with van der Waals surface area (Å²) in [6.45, 7) is 3.38. The summed E-state index contributed by atoms with van der Waals surface area (Å²) in [5.41, 5.74) is 3.17. The van der Waals surface area contributed by atoms with Gasteiger partial charge < -0.3 is 10.2 Å². The molecule has 1 aliphatic carbocycles. The lowest BCUT2D eigenvalue weighted by molar-refractivity contribution is -0.127. The molecule has 0 radical (unpaired) electrons. The highest BCUT2D eigenvalue weighted by Gasteiger charge is 2.32.